The van der Waals surface area contributed by atoms with E-state index in [9.17, 15) is 0 Å². The molecule has 21 heavy (non-hydrogen) atoms. The number of hydrogen-bond donors (Lipinski definition) is 1. The maximum Gasteiger partial charge on any atom is 0.148 e. The van der Waals surface area contributed by atoms with Gasteiger partial charge in [0.1, 0.15) is 12.4 Å². The van der Waals surface area contributed by atoms with Crippen molar-refractivity contribution in [1.82, 2.24) is 5.32 Å². The molecule has 2 nitrogen and oxygen atoms in total. The molecule has 0 radical (unpaired) electrons. The summed E-state index contributed by atoms with van der Waals surface area (Å²) in [5.41, 5.74) is 1.15. The predicted octanol–water partition coefficient (Wildman–Crippen LogP) is 4.52. The summed E-state index contributed by atoms with van der Waals surface area (Å²) in [6, 6.07) is 6.61. The number of benzene rings is 1. The van der Waals surface area contributed by atoms with Gasteiger partial charge in [0.25, 0.3) is 0 Å². The summed E-state index contributed by atoms with van der Waals surface area (Å²) in [4.78, 5) is 0. The Hall–Kier alpha value is -0.980. The number of terminal acetylenes is 1. The molecular weight excluding hydrogens is 326 g/mol. The fourth-order valence-electron chi connectivity index (χ4n) is 3.02. The molecule has 0 aromatic heterocycles. The Kier molecular flexibility index (Phi) is 6.60. The quantitative estimate of drug-likeness (QED) is 0.762. The molecule has 0 spiro atoms. The van der Waals surface area contributed by atoms with Crippen LogP contribution in [0.15, 0.2) is 22.7 Å². The number of rotatable bonds is 6. The molecule has 1 aliphatic rings. The van der Waals surface area contributed by atoms with Crippen molar-refractivity contribution in [2.75, 3.05) is 6.61 Å². The summed E-state index contributed by atoms with van der Waals surface area (Å²) in [5.74, 6) is 4.20. The van der Waals surface area contributed by atoms with Crippen LogP contribution in [-0.2, 0) is 6.54 Å². The van der Waals surface area contributed by atoms with Crippen molar-refractivity contribution < 1.29 is 4.74 Å². The molecule has 1 aromatic carbocycles. The lowest BCUT2D eigenvalue weighted by atomic mass is 9.84. The molecule has 1 aromatic rings. The van der Waals surface area contributed by atoms with Crippen LogP contribution in [0.1, 0.15) is 44.6 Å². The SMILES string of the molecule is C#CCOc1ccc(Br)cc1CN[C@H](C)C1CCCCC1. The molecule has 0 bridgehead atoms. The van der Waals surface area contributed by atoms with Gasteiger partial charge in [0.2, 0.25) is 0 Å². The van der Waals surface area contributed by atoms with Crippen molar-refractivity contribution in [3.05, 3.63) is 28.2 Å². The molecule has 1 fully saturated rings. The number of hydrogen-bond acceptors (Lipinski definition) is 2. The molecule has 3 heteroatoms. The van der Waals surface area contributed by atoms with E-state index in [0.29, 0.717) is 12.6 Å². The summed E-state index contributed by atoms with van der Waals surface area (Å²) in [6.07, 6.45) is 12.1. The molecule has 0 saturated heterocycles. The van der Waals surface area contributed by atoms with E-state index in [1.165, 1.54) is 32.1 Å². The highest BCUT2D eigenvalue weighted by molar-refractivity contribution is 9.10. The fraction of sp³-hybridized carbons (Fsp3) is 0.556. The number of halogens is 1. The van der Waals surface area contributed by atoms with Gasteiger partial charge in [-0.3, -0.25) is 0 Å². The third-order valence-electron chi connectivity index (χ3n) is 4.30. The predicted molar refractivity (Wildman–Crippen MR) is 91.3 cm³/mol. The number of nitrogens with one attached hydrogen (secondary N) is 1. The van der Waals surface area contributed by atoms with Crippen LogP contribution in [0.25, 0.3) is 0 Å². The molecule has 2 rings (SSSR count). The first-order valence-corrected chi connectivity index (χ1v) is 8.58. The molecule has 0 amide bonds. The molecule has 1 aliphatic carbocycles. The average molecular weight is 350 g/mol. The van der Waals surface area contributed by atoms with Crippen LogP contribution in [-0.4, -0.2) is 12.6 Å². The second kappa shape index (κ2) is 8.46. The van der Waals surface area contributed by atoms with Crippen molar-refractivity contribution in [2.45, 2.75) is 51.6 Å². The summed E-state index contributed by atoms with van der Waals surface area (Å²) in [6.45, 7) is 3.43. The van der Waals surface area contributed by atoms with Crippen molar-refractivity contribution in [1.29, 1.82) is 0 Å². The molecule has 0 heterocycles. The summed E-state index contributed by atoms with van der Waals surface area (Å²) < 4.78 is 6.69. The Morgan fingerprint density at radius 1 is 1.38 bits per heavy atom. The normalized spacial score (nSPS) is 17.2. The van der Waals surface area contributed by atoms with Crippen LogP contribution < -0.4 is 10.1 Å². The monoisotopic (exact) mass is 349 g/mol. The van der Waals surface area contributed by atoms with Gasteiger partial charge in [-0.25, -0.2) is 0 Å². The lowest BCUT2D eigenvalue weighted by molar-refractivity contribution is 0.279. The maximum absolute atomic E-state index is 5.62. The highest BCUT2D eigenvalue weighted by Gasteiger charge is 2.19. The van der Waals surface area contributed by atoms with E-state index in [1.54, 1.807) is 0 Å². The lowest BCUT2D eigenvalue weighted by Gasteiger charge is -2.28. The molecule has 114 valence electrons. The van der Waals surface area contributed by atoms with Gasteiger partial charge >= 0.3 is 0 Å². The third-order valence-corrected chi connectivity index (χ3v) is 4.80. The van der Waals surface area contributed by atoms with Gasteiger partial charge in [0.05, 0.1) is 0 Å². The van der Waals surface area contributed by atoms with Crippen LogP contribution in [0, 0.1) is 18.3 Å². The topological polar surface area (TPSA) is 21.3 Å². The number of ether oxygens (including phenoxy) is 1. The Bertz CT molecular complexity index is 488. The first-order chi connectivity index (χ1) is 10.2. The van der Waals surface area contributed by atoms with Crippen molar-refractivity contribution in [3.8, 4) is 18.1 Å². The minimum absolute atomic E-state index is 0.312. The Morgan fingerprint density at radius 2 is 2.14 bits per heavy atom. The first kappa shape index (κ1) is 16.4. The molecule has 1 atom stereocenters. The van der Waals surface area contributed by atoms with Gasteiger partial charge in [0, 0.05) is 22.6 Å². The van der Waals surface area contributed by atoms with Crippen LogP contribution in [0.4, 0.5) is 0 Å². The molecule has 0 aliphatic heterocycles. The molecular formula is C18H24BrNO. The van der Waals surface area contributed by atoms with Gasteiger partial charge < -0.3 is 10.1 Å². The standard InChI is InChI=1S/C18H24BrNO/c1-3-11-21-18-10-9-17(19)12-16(18)13-20-14(2)15-7-5-4-6-8-15/h1,9-10,12,14-15,20H,4-8,11,13H2,2H3/t14-/m1/s1. The van der Waals surface area contributed by atoms with E-state index in [0.717, 1.165) is 28.2 Å². The summed E-state index contributed by atoms with van der Waals surface area (Å²) >= 11 is 3.52. The van der Waals surface area contributed by atoms with E-state index in [1.807, 2.05) is 12.1 Å². The van der Waals surface area contributed by atoms with Gasteiger partial charge in [-0.1, -0.05) is 41.1 Å². The van der Waals surface area contributed by atoms with E-state index in [2.05, 4.69) is 40.2 Å². The van der Waals surface area contributed by atoms with Crippen LogP contribution in [0.3, 0.4) is 0 Å². The average Bonchev–Trinajstić information content (AvgIpc) is 2.52. The Labute approximate surface area is 136 Å². The van der Waals surface area contributed by atoms with Gasteiger partial charge in [-0.15, -0.1) is 6.42 Å². The Morgan fingerprint density at radius 3 is 2.86 bits per heavy atom. The van der Waals surface area contributed by atoms with E-state index < -0.39 is 0 Å². The van der Waals surface area contributed by atoms with Crippen molar-refractivity contribution in [2.24, 2.45) is 5.92 Å². The maximum atomic E-state index is 5.62. The smallest absolute Gasteiger partial charge is 0.148 e. The van der Waals surface area contributed by atoms with Gasteiger partial charge in [0.15, 0.2) is 0 Å². The lowest BCUT2D eigenvalue weighted by Crippen LogP contribution is -2.34. The van der Waals surface area contributed by atoms with Crippen LogP contribution >= 0.6 is 15.9 Å². The summed E-state index contributed by atoms with van der Waals surface area (Å²) in [7, 11) is 0. The molecule has 1 N–H and O–H groups in total. The molecule has 0 unspecified atom stereocenters. The van der Waals surface area contributed by atoms with Crippen LogP contribution in [0.2, 0.25) is 0 Å². The zero-order valence-electron chi connectivity index (χ0n) is 12.7. The largest absolute Gasteiger partial charge is 0.481 e. The summed E-state index contributed by atoms with van der Waals surface area (Å²) in [5, 5.41) is 3.66. The third kappa shape index (κ3) is 5.05. The fourth-order valence-corrected chi connectivity index (χ4v) is 3.43. The van der Waals surface area contributed by atoms with Gasteiger partial charge in [-0.05, 0) is 43.9 Å². The van der Waals surface area contributed by atoms with E-state index in [-0.39, 0.29) is 0 Å². The van der Waals surface area contributed by atoms with Crippen molar-refractivity contribution in [3.63, 3.8) is 0 Å². The molecule has 1 saturated carbocycles. The second-order valence-corrected chi connectivity index (χ2v) is 6.73. The van der Waals surface area contributed by atoms with Crippen molar-refractivity contribution >= 4 is 15.9 Å². The highest BCUT2D eigenvalue weighted by atomic mass is 79.9. The Balaban J connectivity index is 1.94. The highest BCUT2D eigenvalue weighted by Crippen LogP contribution is 2.27. The van der Waals surface area contributed by atoms with E-state index >= 15 is 0 Å². The second-order valence-electron chi connectivity index (χ2n) is 5.81. The van der Waals surface area contributed by atoms with Crippen LogP contribution in [0.5, 0.6) is 5.75 Å². The van der Waals surface area contributed by atoms with E-state index in [4.69, 9.17) is 11.2 Å². The minimum Gasteiger partial charge on any atom is -0.481 e. The zero-order valence-corrected chi connectivity index (χ0v) is 14.3. The zero-order chi connectivity index (χ0) is 15.1. The minimum atomic E-state index is 0.312. The van der Waals surface area contributed by atoms with Gasteiger partial charge in [-0.2, -0.15) is 0 Å². The first-order valence-electron chi connectivity index (χ1n) is 7.79.